The van der Waals surface area contributed by atoms with Crippen molar-refractivity contribution in [1.29, 1.82) is 0 Å². The number of carbonyl (C=O) groups excluding carboxylic acids is 2. The molecule has 2 rings (SSSR count). The summed E-state index contributed by atoms with van der Waals surface area (Å²) in [5.41, 5.74) is 0.367. The van der Waals surface area contributed by atoms with Gasteiger partial charge in [0.05, 0.1) is 17.9 Å². The average molecular weight is 366 g/mol. The van der Waals surface area contributed by atoms with Crippen molar-refractivity contribution in [2.75, 3.05) is 17.7 Å². The van der Waals surface area contributed by atoms with E-state index >= 15 is 0 Å². The highest BCUT2D eigenvalue weighted by Crippen LogP contribution is 2.25. The molecule has 0 aliphatic rings. The highest BCUT2D eigenvalue weighted by molar-refractivity contribution is 7.99. The molecule has 0 bridgehead atoms. The van der Waals surface area contributed by atoms with Crippen LogP contribution in [0, 0.1) is 6.92 Å². The number of aryl methyl sites for hydroxylation is 1. The van der Waals surface area contributed by atoms with E-state index in [1.54, 1.807) is 24.4 Å². The van der Waals surface area contributed by atoms with E-state index < -0.39 is 5.97 Å². The third-order valence-electron chi connectivity index (χ3n) is 2.96. The molecule has 9 heteroatoms. The zero-order valence-corrected chi connectivity index (χ0v) is 15.1. The minimum atomic E-state index is -0.442. The van der Waals surface area contributed by atoms with E-state index in [0.717, 1.165) is 5.82 Å². The number of aromatic nitrogens is 3. The zero-order valence-electron chi connectivity index (χ0n) is 13.4. The number of amides is 1. The largest absolute Gasteiger partial charge is 0.462 e. The normalized spacial score (nSPS) is 10.4. The summed E-state index contributed by atoms with van der Waals surface area (Å²) in [6.07, 6.45) is 1.75. The van der Waals surface area contributed by atoms with Crippen LogP contribution in [-0.2, 0) is 16.1 Å². The van der Waals surface area contributed by atoms with Crippen LogP contribution in [0.5, 0.6) is 0 Å². The van der Waals surface area contributed by atoms with Crippen LogP contribution in [0.25, 0.3) is 0 Å². The highest BCUT2D eigenvalue weighted by Gasteiger charge is 2.17. The monoisotopic (exact) mass is 366 g/mol. The average Bonchev–Trinajstić information content (AvgIpc) is 3.14. The number of carbonyl (C=O) groups is 2. The summed E-state index contributed by atoms with van der Waals surface area (Å²) in [5, 5.41) is 13.7. The molecule has 0 aliphatic carbocycles. The van der Waals surface area contributed by atoms with E-state index in [4.69, 9.17) is 4.74 Å². The van der Waals surface area contributed by atoms with Crippen molar-refractivity contribution in [3.63, 3.8) is 0 Å². The first-order valence-corrected chi connectivity index (χ1v) is 9.11. The molecule has 0 aliphatic heterocycles. The van der Waals surface area contributed by atoms with E-state index in [0.29, 0.717) is 22.3 Å². The number of hydrogen-bond donors (Lipinski definition) is 1. The summed E-state index contributed by atoms with van der Waals surface area (Å²) in [6.45, 7) is 8.15. The lowest BCUT2D eigenvalue weighted by atomic mass is 10.3. The maximum Gasteiger partial charge on any atom is 0.341 e. The second-order valence-electron chi connectivity index (χ2n) is 4.65. The summed E-state index contributed by atoms with van der Waals surface area (Å²) >= 11 is 2.56. The van der Waals surface area contributed by atoms with Crippen molar-refractivity contribution in [3.8, 4) is 0 Å². The van der Waals surface area contributed by atoms with Gasteiger partial charge >= 0.3 is 5.97 Å². The van der Waals surface area contributed by atoms with Gasteiger partial charge in [0.1, 0.15) is 10.8 Å². The van der Waals surface area contributed by atoms with Crippen LogP contribution in [0.1, 0.15) is 23.1 Å². The van der Waals surface area contributed by atoms with Crippen LogP contribution in [0.2, 0.25) is 0 Å². The number of hydrogen-bond acceptors (Lipinski definition) is 7. The lowest BCUT2D eigenvalue weighted by Crippen LogP contribution is -2.16. The van der Waals surface area contributed by atoms with E-state index in [1.807, 2.05) is 11.5 Å². The van der Waals surface area contributed by atoms with Gasteiger partial charge in [-0.15, -0.1) is 28.1 Å². The number of ether oxygens (including phenoxy) is 1. The van der Waals surface area contributed by atoms with Gasteiger partial charge in [0.15, 0.2) is 5.16 Å². The minimum Gasteiger partial charge on any atom is -0.462 e. The molecular weight excluding hydrogens is 348 g/mol. The molecule has 0 fully saturated rings. The van der Waals surface area contributed by atoms with E-state index in [2.05, 4.69) is 22.1 Å². The fraction of sp³-hybridized carbons (Fsp3) is 0.333. The number of thioether (sulfide) groups is 1. The molecule has 2 aromatic heterocycles. The van der Waals surface area contributed by atoms with Crippen LogP contribution >= 0.6 is 23.1 Å². The topological polar surface area (TPSA) is 86.1 Å². The number of anilines is 1. The van der Waals surface area contributed by atoms with Crippen LogP contribution in [0.4, 0.5) is 5.00 Å². The molecule has 2 heterocycles. The Morgan fingerprint density at radius 1 is 1.50 bits per heavy atom. The first kappa shape index (κ1) is 18.2. The van der Waals surface area contributed by atoms with Gasteiger partial charge in [-0.25, -0.2) is 4.79 Å². The second kappa shape index (κ2) is 8.65. The Bertz CT molecular complexity index is 739. The van der Waals surface area contributed by atoms with Crippen LogP contribution in [0.15, 0.2) is 29.3 Å². The lowest BCUT2D eigenvalue weighted by Gasteiger charge is -2.07. The summed E-state index contributed by atoms with van der Waals surface area (Å²) in [4.78, 5) is 23.9. The molecule has 0 saturated heterocycles. The predicted molar refractivity (Wildman–Crippen MR) is 94.6 cm³/mol. The Hall–Kier alpha value is -2.13. The molecular formula is C15H18N4O3S2. The maximum atomic E-state index is 12.1. The molecule has 0 saturated carbocycles. The van der Waals surface area contributed by atoms with Gasteiger partial charge in [-0.05, 0) is 25.3 Å². The Morgan fingerprint density at radius 3 is 3.00 bits per heavy atom. The molecule has 2 aromatic rings. The summed E-state index contributed by atoms with van der Waals surface area (Å²) in [6, 6.07) is 1.63. The smallest absolute Gasteiger partial charge is 0.341 e. The summed E-state index contributed by atoms with van der Waals surface area (Å²) < 4.78 is 6.84. The van der Waals surface area contributed by atoms with E-state index in [-0.39, 0.29) is 18.3 Å². The number of allylic oxidation sites excluding steroid dienone is 1. The fourth-order valence-electron chi connectivity index (χ4n) is 1.88. The van der Waals surface area contributed by atoms with E-state index in [9.17, 15) is 9.59 Å². The Kier molecular flexibility index (Phi) is 6.56. The van der Waals surface area contributed by atoms with Gasteiger partial charge in [0.25, 0.3) is 0 Å². The third kappa shape index (κ3) is 4.45. The van der Waals surface area contributed by atoms with Crippen LogP contribution in [-0.4, -0.2) is 39.0 Å². The van der Waals surface area contributed by atoms with Crippen LogP contribution < -0.4 is 5.32 Å². The lowest BCUT2D eigenvalue weighted by molar-refractivity contribution is -0.113. The number of thiophene rings is 1. The van der Waals surface area contributed by atoms with Crippen molar-refractivity contribution in [2.45, 2.75) is 25.5 Å². The minimum absolute atomic E-state index is 0.162. The number of nitrogens with one attached hydrogen (secondary N) is 1. The SMILES string of the molecule is C=CCn1c(C)nnc1SCC(=O)Nc1sccc1C(=O)OCC. The molecule has 7 nitrogen and oxygen atoms in total. The van der Waals surface area contributed by atoms with Crippen molar-refractivity contribution < 1.29 is 14.3 Å². The first-order valence-electron chi connectivity index (χ1n) is 7.24. The molecule has 0 unspecified atom stereocenters. The van der Waals surface area contributed by atoms with Gasteiger partial charge in [0.2, 0.25) is 5.91 Å². The number of rotatable bonds is 8. The van der Waals surface area contributed by atoms with E-state index in [1.165, 1.54) is 23.1 Å². The van der Waals surface area contributed by atoms with Gasteiger partial charge in [-0.1, -0.05) is 17.8 Å². The Balaban J connectivity index is 1.96. The van der Waals surface area contributed by atoms with Crippen molar-refractivity contribution >= 4 is 40.0 Å². The van der Waals surface area contributed by atoms with Gasteiger partial charge < -0.3 is 14.6 Å². The second-order valence-corrected chi connectivity index (χ2v) is 6.51. The number of esters is 1. The zero-order chi connectivity index (χ0) is 17.5. The molecule has 0 atom stereocenters. The molecule has 24 heavy (non-hydrogen) atoms. The van der Waals surface area contributed by atoms with Crippen molar-refractivity contribution in [2.24, 2.45) is 0 Å². The summed E-state index contributed by atoms with van der Waals surface area (Å²) in [5.74, 6) is 0.262. The van der Waals surface area contributed by atoms with Gasteiger partial charge in [-0.3, -0.25) is 4.79 Å². The standard InChI is InChI=1S/C15H18N4O3S2/c1-4-7-19-10(3)17-18-15(19)24-9-12(20)16-13-11(6-8-23-13)14(21)22-5-2/h4,6,8H,1,5,7,9H2,2-3H3,(H,16,20). The van der Waals surface area contributed by atoms with Crippen LogP contribution in [0.3, 0.4) is 0 Å². The quantitative estimate of drug-likeness (QED) is 0.439. The molecule has 1 amide bonds. The third-order valence-corrected chi connectivity index (χ3v) is 4.76. The molecule has 1 N–H and O–H groups in total. The predicted octanol–water partition coefficient (Wildman–Crippen LogP) is 2.74. The number of nitrogens with zero attached hydrogens (tertiary/aromatic N) is 3. The van der Waals surface area contributed by atoms with Gasteiger partial charge in [-0.2, -0.15) is 0 Å². The fourth-order valence-corrected chi connectivity index (χ4v) is 3.46. The highest BCUT2D eigenvalue weighted by atomic mass is 32.2. The molecule has 0 radical (unpaired) electrons. The molecule has 0 aromatic carbocycles. The Labute approximate surface area is 148 Å². The molecule has 128 valence electrons. The van der Waals surface area contributed by atoms with Gasteiger partial charge in [0, 0.05) is 6.54 Å². The van der Waals surface area contributed by atoms with Crippen molar-refractivity contribution in [1.82, 2.24) is 14.8 Å². The maximum absolute atomic E-state index is 12.1. The summed E-state index contributed by atoms with van der Waals surface area (Å²) in [7, 11) is 0. The first-order chi connectivity index (χ1) is 11.6. The Morgan fingerprint density at radius 2 is 2.29 bits per heavy atom. The van der Waals surface area contributed by atoms with Crippen molar-refractivity contribution in [3.05, 3.63) is 35.5 Å². The molecule has 0 spiro atoms.